The summed E-state index contributed by atoms with van der Waals surface area (Å²) < 4.78 is 0. The van der Waals surface area contributed by atoms with Gasteiger partial charge in [0.15, 0.2) is 17.4 Å². The molecular weight excluding hydrogens is 289 g/mol. The normalized spacial score (nSPS) is 6.71. The van der Waals surface area contributed by atoms with Crippen molar-refractivity contribution in [2.24, 2.45) is 5.73 Å². The van der Waals surface area contributed by atoms with Gasteiger partial charge < -0.3 is 20.8 Å². The van der Waals surface area contributed by atoms with Crippen LogP contribution in [0.1, 0.15) is 13.8 Å². The topological polar surface area (TPSA) is 69.7 Å². The molecule has 0 heterocycles. The third kappa shape index (κ3) is 22.9. The van der Waals surface area contributed by atoms with Gasteiger partial charge in [-0.15, -0.1) is 0 Å². The molecule has 14 heavy (non-hydrogen) atoms. The van der Waals surface area contributed by atoms with Crippen LogP contribution in [0.25, 0.3) is 0 Å². The number of thiocarbonyl (C=S) groups is 2. The van der Waals surface area contributed by atoms with E-state index in [0.717, 1.165) is 13.1 Å². The van der Waals surface area contributed by atoms with Crippen molar-refractivity contribution in [3.05, 3.63) is 0 Å². The van der Waals surface area contributed by atoms with Crippen molar-refractivity contribution in [1.82, 2.24) is 4.90 Å². The Balaban J connectivity index is -0.0000000733. The van der Waals surface area contributed by atoms with Crippen LogP contribution in [-0.2, 0) is 19.5 Å². The predicted molar refractivity (Wildman–Crippen MR) is 67.5 cm³/mol. The first-order chi connectivity index (χ1) is 5.45. The van der Waals surface area contributed by atoms with Crippen LogP contribution in [0.3, 0.4) is 0 Å². The van der Waals surface area contributed by atoms with Crippen molar-refractivity contribution >= 4 is 52.1 Å². The molecule has 0 saturated heterocycles. The second-order valence-electron chi connectivity index (χ2n) is 1.79. The number of rotatable bonds is 2. The molecular formula is C6H17AlN2O2S2Zn. The summed E-state index contributed by atoms with van der Waals surface area (Å²) in [5, 5.41) is 15.7. The molecule has 0 aliphatic carbocycles. The Labute approximate surface area is 119 Å². The molecule has 80 valence electrons. The van der Waals surface area contributed by atoms with E-state index in [1.165, 1.54) is 0 Å². The molecule has 0 amide bonds. The number of nitrogens with two attached hydrogens (primary N) is 1. The van der Waals surface area contributed by atoms with Gasteiger partial charge in [-0.3, -0.25) is 0 Å². The van der Waals surface area contributed by atoms with Crippen LogP contribution in [0.15, 0.2) is 0 Å². The summed E-state index contributed by atoms with van der Waals surface area (Å²) in [6.07, 6.45) is 0. The fourth-order valence-electron chi connectivity index (χ4n) is 0.494. The first-order valence-electron chi connectivity index (χ1n) is 3.41. The van der Waals surface area contributed by atoms with Crippen molar-refractivity contribution in [3.63, 3.8) is 0 Å². The minimum Gasteiger partial charge on any atom is -0.487 e. The summed E-state index contributed by atoms with van der Waals surface area (Å²) in [4.78, 5) is 1.70. The Morgan fingerprint density at radius 3 is 1.43 bits per heavy atom. The van der Waals surface area contributed by atoms with Crippen molar-refractivity contribution in [3.8, 4) is 0 Å². The van der Waals surface area contributed by atoms with E-state index >= 15 is 0 Å². The van der Waals surface area contributed by atoms with Gasteiger partial charge in [-0.2, -0.15) is 0 Å². The van der Waals surface area contributed by atoms with Crippen LogP contribution in [-0.4, -0.2) is 55.9 Å². The van der Waals surface area contributed by atoms with Gasteiger partial charge in [0.25, 0.3) is 10.3 Å². The van der Waals surface area contributed by atoms with Gasteiger partial charge in [-0.05, 0) is 38.3 Å². The zero-order valence-electron chi connectivity index (χ0n) is 7.86. The van der Waals surface area contributed by atoms with Crippen molar-refractivity contribution < 1.29 is 29.7 Å². The smallest absolute Gasteiger partial charge is 0.256 e. The molecule has 4 nitrogen and oxygen atoms in total. The summed E-state index contributed by atoms with van der Waals surface area (Å²) in [6.45, 7) is 5.47. The average molecular weight is 306 g/mol. The van der Waals surface area contributed by atoms with Gasteiger partial charge in [0.05, 0.1) is 0 Å². The Morgan fingerprint density at radius 1 is 1.21 bits per heavy atom. The third-order valence-corrected chi connectivity index (χ3v) is 1.29. The SMILES string of the molecule is CCN(CC)C(O)=S.NC(O)=S.[AlH3].[Zn]. The van der Waals surface area contributed by atoms with Gasteiger partial charge in [-0.25, -0.2) is 0 Å². The Bertz CT molecular complexity index is 155. The quantitative estimate of drug-likeness (QED) is 0.484. The maximum atomic E-state index is 8.67. The van der Waals surface area contributed by atoms with Crippen LogP contribution >= 0.6 is 24.4 Å². The van der Waals surface area contributed by atoms with Crippen molar-refractivity contribution in [1.29, 1.82) is 0 Å². The summed E-state index contributed by atoms with van der Waals surface area (Å²) in [5.41, 5.74) is 4.40. The summed E-state index contributed by atoms with van der Waals surface area (Å²) >= 11 is 8.37. The summed E-state index contributed by atoms with van der Waals surface area (Å²) in [7, 11) is 0. The third-order valence-electron chi connectivity index (χ3n) is 1.03. The number of hydrogen-bond acceptors (Lipinski definition) is 2. The standard InChI is InChI=1S/C5H11NOS.CH3NOS.Al.Zn.3H/c1-3-6(4-2)5(7)8;2-1(3)4;;;;;/h3-4H2,1-2H3,(H,7,8);(H3,2,3,4);;;;;. The van der Waals surface area contributed by atoms with Crippen LogP contribution in [0.4, 0.5) is 0 Å². The number of nitrogens with zero attached hydrogens (tertiary/aromatic N) is 1. The summed E-state index contributed by atoms with van der Waals surface area (Å²) in [6, 6.07) is 0. The fourth-order valence-corrected chi connectivity index (χ4v) is 0.752. The minimum absolute atomic E-state index is 0. The second-order valence-corrected chi connectivity index (χ2v) is 2.58. The average Bonchev–Trinajstić information content (AvgIpc) is 1.87. The molecule has 0 saturated carbocycles. The molecule has 0 unspecified atom stereocenters. The van der Waals surface area contributed by atoms with Crippen molar-refractivity contribution in [2.45, 2.75) is 13.8 Å². The summed E-state index contributed by atoms with van der Waals surface area (Å²) in [5.74, 6) is 0. The van der Waals surface area contributed by atoms with Crippen LogP contribution < -0.4 is 5.73 Å². The van der Waals surface area contributed by atoms with E-state index < -0.39 is 5.17 Å². The molecule has 0 aromatic carbocycles. The molecule has 0 spiro atoms. The Morgan fingerprint density at radius 2 is 1.43 bits per heavy atom. The van der Waals surface area contributed by atoms with E-state index in [0.29, 0.717) is 0 Å². The molecule has 0 aliphatic rings. The van der Waals surface area contributed by atoms with E-state index in [1.54, 1.807) is 4.90 Å². The van der Waals surface area contributed by atoms with Crippen molar-refractivity contribution in [2.75, 3.05) is 13.1 Å². The molecule has 0 rings (SSSR count). The Kier molecular flexibility index (Phi) is 27.4. The van der Waals surface area contributed by atoms with E-state index in [9.17, 15) is 0 Å². The zero-order chi connectivity index (χ0) is 10.1. The molecule has 4 N–H and O–H groups in total. The van der Waals surface area contributed by atoms with E-state index in [4.69, 9.17) is 10.2 Å². The van der Waals surface area contributed by atoms with Gasteiger partial charge in [0.1, 0.15) is 0 Å². The van der Waals surface area contributed by atoms with E-state index in [-0.39, 0.29) is 42.0 Å². The second kappa shape index (κ2) is 16.0. The van der Waals surface area contributed by atoms with Crippen LogP contribution in [0.2, 0.25) is 0 Å². The maximum absolute atomic E-state index is 8.67. The van der Waals surface area contributed by atoms with E-state index in [1.807, 2.05) is 13.8 Å². The Hall–Kier alpha value is 0.536. The maximum Gasteiger partial charge on any atom is 0.256 e. The van der Waals surface area contributed by atoms with Crippen LogP contribution in [0.5, 0.6) is 0 Å². The van der Waals surface area contributed by atoms with Gasteiger partial charge >= 0.3 is 0 Å². The molecule has 0 bridgehead atoms. The molecule has 0 atom stereocenters. The molecule has 0 aliphatic heterocycles. The number of hydrogen-bond donors (Lipinski definition) is 3. The van der Waals surface area contributed by atoms with E-state index in [2.05, 4.69) is 30.2 Å². The monoisotopic (exact) mass is 304 g/mol. The molecule has 0 aromatic rings. The number of aliphatic hydroxyl groups excluding tert-OH is 2. The van der Waals surface area contributed by atoms with Crippen LogP contribution in [0, 0.1) is 0 Å². The van der Waals surface area contributed by atoms with Gasteiger partial charge in [0.2, 0.25) is 0 Å². The largest absolute Gasteiger partial charge is 0.487 e. The molecule has 0 radical (unpaired) electrons. The molecule has 8 heteroatoms. The molecule has 0 fully saturated rings. The number of aliphatic hydroxyl groups is 2. The first kappa shape index (κ1) is 24.0. The minimum atomic E-state index is -0.500. The predicted octanol–water partition coefficient (Wildman–Crippen LogP) is -0.227. The van der Waals surface area contributed by atoms with Gasteiger partial charge in [0, 0.05) is 32.6 Å². The molecule has 0 aromatic heterocycles. The first-order valence-corrected chi connectivity index (χ1v) is 4.23. The fraction of sp³-hybridized carbons (Fsp3) is 0.667. The van der Waals surface area contributed by atoms with Gasteiger partial charge in [-0.1, -0.05) is 0 Å². The zero-order valence-corrected chi connectivity index (χ0v) is 12.5.